The molecule has 29 heavy (non-hydrogen) atoms. The standard InChI is InChI=1S/C26H22O2.CH4/c1-13(2)17-9-15-5-7-20-25-23(15)21(11-17)27-19-8-6-16-10-18(14(3)4)12-22(28-20)24(16)26(19)25;/h5-14H,1-4H3;1H4. The van der Waals surface area contributed by atoms with Gasteiger partial charge in [0.25, 0.3) is 0 Å². The van der Waals surface area contributed by atoms with Gasteiger partial charge in [0.15, 0.2) is 0 Å². The van der Waals surface area contributed by atoms with Crippen molar-refractivity contribution in [2.45, 2.75) is 47.0 Å². The van der Waals surface area contributed by atoms with E-state index < -0.39 is 0 Å². The Balaban J connectivity index is 0.00000181. The van der Waals surface area contributed by atoms with Crippen molar-refractivity contribution in [3.63, 3.8) is 0 Å². The molecular weight excluding hydrogens is 356 g/mol. The van der Waals surface area contributed by atoms with Crippen LogP contribution in [0.1, 0.15) is 58.1 Å². The van der Waals surface area contributed by atoms with Crippen molar-refractivity contribution >= 4 is 43.9 Å². The summed E-state index contributed by atoms with van der Waals surface area (Å²) in [6, 6.07) is 17.5. The maximum atomic E-state index is 6.45. The number of rotatable bonds is 2. The van der Waals surface area contributed by atoms with Crippen LogP contribution in [0.5, 0.6) is 0 Å². The van der Waals surface area contributed by atoms with E-state index in [-0.39, 0.29) is 7.43 Å². The summed E-state index contributed by atoms with van der Waals surface area (Å²) in [5.41, 5.74) is 8.69. The summed E-state index contributed by atoms with van der Waals surface area (Å²) in [7, 11) is 0. The van der Waals surface area contributed by atoms with Gasteiger partial charge >= 0.3 is 0 Å². The van der Waals surface area contributed by atoms with E-state index in [9.17, 15) is 0 Å². The molecule has 2 heterocycles. The molecule has 0 amide bonds. The molecular formula is C27H26O2. The Morgan fingerprint density at radius 3 is 1.34 bits per heavy atom. The first-order chi connectivity index (χ1) is 13.5. The van der Waals surface area contributed by atoms with Gasteiger partial charge in [0, 0.05) is 21.9 Å². The predicted molar refractivity (Wildman–Crippen MR) is 124 cm³/mol. The molecule has 0 saturated heterocycles. The fraction of sp³-hybridized carbons (Fsp3) is 0.259. The van der Waals surface area contributed by atoms with E-state index in [0.717, 1.165) is 22.3 Å². The molecule has 0 N–H and O–H groups in total. The lowest BCUT2D eigenvalue weighted by molar-refractivity contribution is 0.645. The Morgan fingerprint density at radius 2 is 0.966 bits per heavy atom. The van der Waals surface area contributed by atoms with E-state index in [1.807, 2.05) is 0 Å². The van der Waals surface area contributed by atoms with Gasteiger partial charge in [-0.1, -0.05) is 59.4 Å². The molecule has 2 nitrogen and oxygen atoms in total. The quantitative estimate of drug-likeness (QED) is 0.221. The number of hydrogen-bond acceptors (Lipinski definition) is 2. The van der Waals surface area contributed by atoms with Gasteiger partial charge in [-0.25, -0.2) is 0 Å². The van der Waals surface area contributed by atoms with Gasteiger partial charge in [-0.3, -0.25) is 0 Å². The molecule has 2 aliphatic heterocycles. The topological polar surface area (TPSA) is 26.3 Å². The van der Waals surface area contributed by atoms with Crippen molar-refractivity contribution in [3.05, 3.63) is 59.7 Å². The zero-order chi connectivity index (χ0) is 19.2. The minimum atomic E-state index is 0. The first-order valence-electron chi connectivity index (χ1n) is 10.1. The highest BCUT2D eigenvalue weighted by atomic mass is 16.3. The number of benzene rings is 4. The Labute approximate surface area is 170 Å². The molecule has 0 unspecified atom stereocenters. The van der Waals surface area contributed by atoms with Gasteiger partial charge in [0.05, 0.1) is 0 Å². The summed E-state index contributed by atoms with van der Waals surface area (Å²) in [5.74, 6) is 0.908. The van der Waals surface area contributed by atoms with E-state index in [0.29, 0.717) is 11.8 Å². The largest absolute Gasteiger partial charge is 0.456 e. The summed E-state index contributed by atoms with van der Waals surface area (Å²) in [4.78, 5) is 0. The molecule has 0 spiro atoms. The summed E-state index contributed by atoms with van der Waals surface area (Å²) >= 11 is 0. The van der Waals surface area contributed by atoms with Crippen molar-refractivity contribution in [3.8, 4) is 11.1 Å². The van der Waals surface area contributed by atoms with Crippen LogP contribution in [0.2, 0.25) is 0 Å². The molecule has 0 aliphatic carbocycles. The van der Waals surface area contributed by atoms with Crippen LogP contribution in [0.4, 0.5) is 0 Å². The smallest absolute Gasteiger partial charge is 0.136 e. The minimum absolute atomic E-state index is 0. The maximum absolute atomic E-state index is 6.45. The lowest BCUT2D eigenvalue weighted by Gasteiger charge is -2.21. The van der Waals surface area contributed by atoms with Crippen LogP contribution < -0.4 is 0 Å². The van der Waals surface area contributed by atoms with Gasteiger partial charge in [-0.2, -0.15) is 0 Å². The molecule has 0 radical (unpaired) electrons. The van der Waals surface area contributed by atoms with Gasteiger partial charge in [-0.15, -0.1) is 0 Å². The van der Waals surface area contributed by atoms with Crippen LogP contribution in [0.15, 0.2) is 57.4 Å². The fourth-order valence-electron chi connectivity index (χ4n) is 4.59. The maximum Gasteiger partial charge on any atom is 0.136 e. The van der Waals surface area contributed by atoms with Gasteiger partial charge in [0.2, 0.25) is 0 Å². The van der Waals surface area contributed by atoms with Crippen molar-refractivity contribution in [2.24, 2.45) is 0 Å². The molecule has 146 valence electrons. The van der Waals surface area contributed by atoms with Gasteiger partial charge < -0.3 is 8.83 Å². The van der Waals surface area contributed by atoms with Crippen LogP contribution in [0.25, 0.3) is 55.0 Å². The molecule has 0 fully saturated rings. The third-order valence-corrected chi connectivity index (χ3v) is 6.15. The second kappa shape index (κ2) is 6.00. The van der Waals surface area contributed by atoms with Crippen LogP contribution >= 0.6 is 0 Å². The summed E-state index contributed by atoms with van der Waals surface area (Å²) in [5, 5.41) is 4.77. The zero-order valence-corrected chi connectivity index (χ0v) is 16.6. The number of hydrogen-bond donors (Lipinski definition) is 0. The van der Waals surface area contributed by atoms with Crippen LogP contribution in [0, 0.1) is 0 Å². The Bertz CT molecular complexity index is 1350. The van der Waals surface area contributed by atoms with Crippen molar-refractivity contribution in [1.82, 2.24) is 0 Å². The average molecular weight is 383 g/mol. The van der Waals surface area contributed by atoms with E-state index in [4.69, 9.17) is 8.83 Å². The highest BCUT2D eigenvalue weighted by molar-refractivity contribution is 6.23. The summed E-state index contributed by atoms with van der Waals surface area (Å²) in [6.45, 7) is 8.88. The van der Waals surface area contributed by atoms with Crippen LogP contribution in [-0.4, -0.2) is 0 Å². The van der Waals surface area contributed by atoms with E-state index in [2.05, 4.69) is 76.2 Å². The second-order valence-electron chi connectivity index (χ2n) is 8.63. The van der Waals surface area contributed by atoms with Gasteiger partial charge in [-0.05, 0) is 58.0 Å². The molecule has 2 aliphatic rings. The zero-order valence-electron chi connectivity index (χ0n) is 16.6. The Morgan fingerprint density at radius 1 is 0.552 bits per heavy atom. The van der Waals surface area contributed by atoms with Crippen LogP contribution in [0.3, 0.4) is 0 Å². The van der Waals surface area contributed by atoms with Gasteiger partial charge in [0.1, 0.15) is 22.3 Å². The van der Waals surface area contributed by atoms with E-state index in [1.54, 1.807) is 0 Å². The highest BCUT2D eigenvalue weighted by Gasteiger charge is 2.25. The highest BCUT2D eigenvalue weighted by Crippen LogP contribution is 2.48. The Kier molecular flexibility index (Phi) is 3.73. The van der Waals surface area contributed by atoms with Crippen molar-refractivity contribution < 1.29 is 8.83 Å². The van der Waals surface area contributed by atoms with E-state index >= 15 is 0 Å². The monoisotopic (exact) mass is 382 g/mol. The SMILES string of the molecule is C.CC(C)c1cc2ccc3oc4cc(C(C)C)cc5ccc6oc(c1)c2c3-c6c54. The van der Waals surface area contributed by atoms with E-state index in [1.165, 1.54) is 43.8 Å². The second-order valence-corrected chi connectivity index (χ2v) is 8.63. The minimum Gasteiger partial charge on any atom is -0.456 e. The lowest BCUT2D eigenvalue weighted by atomic mass is 9.87. The third kappa shape index (κ3) is 2.35. The Hall–Kier alpha value is -3.00. The third-order valence-electron chi connectivity index (χ3n) is 6.15. The molecule has 0 saturated carbocycles. The fourth-order valence-corrected chi connectivity index (χ4v) is 4.59. The molecule has 6 rings (SSSR count). The molecule has 0 aromatic heterocycles. The first-order valence-corrected chi connectivity index (χ1v) is 10.1. The summed E-state index contributed by atoms with van der Waals surface area (Å²) in [6.07, 6.45) is 0. The molecule has 4 aromatic rings. The first kappa shape index (κ1) is 18.1. The predicted octanol–water partition coefficient (Wildman–Crippen LogP) is 8.91. The molecule has 4 aromatic carbocycles. The van der Waals surface area contributed by atoms with Crippen molar-refractivity contribution in [1.29, 1.82) is 0 Å². The van der Waals surface area contributed by atoms with Crippen LogP contribution in [-0.2, 0) is 0 Å². The van der Waals surface area contributed by atoms with Crippen molar-refractivity contribution in [2.75, 3.05) is 0 Å². The molecule has 0 atom stereocenters. The molecule has 0 bridgehead atoms. The molecule has 2 heteroatoms. The normalized spacial score (nSPS) is 12.5. The summed E-state index contributed by atoms with van der Waals surface area (Å²) < 4.78 is 12.9. The lowest BCUT2D eigenvalue weighted by Crippen LogP contribution is -1.97. The average Bonchev–Trinajstić information content (AvgIpc) is 2.69.